The number of carbonyl (C=O) groups is 3. The van der Waals surface area contributed by atoms with E-state index in [4.69, 9.17) is 0 Å². The first-order chi connectivity index (χ1) is 19.7. The zero-order valence-electron chi connectivity index (χ0n) is 22.1. The van der Waals surface area contributed by atoms with E-state index in [-0.39, 0.29) is 29.1 Å². The molecular formula is C30H25BrN4O4S2. The van der Waals surface area contributed by atoms with Crippen LogP contribution in [0.2, 0.25) is 0 Å². The topological polar surface area (TPSA) is 91.7 Å². The van der Waals surface area contributed by atoms with Crippen LogP contribution in [-0.4, -0.2) is 41.6 Å². The van der Waals surface area contributed by atoms with Crippen molar-refractivity contribution in [3.63, 3.8) is 0 Å². The van der Waals surface area contributed by atoms with Crippen molar-refractivity contribution in [1.82, 2.24) is 4.57 Å². The number of para-hydroxylation sites is 1. The largest absolute Gasteiger partial charge is 0.378 e. The molecule has 11 heteroatoms. The third-order valence-electron chi connectivity index (χ3n) is 7.26. The van der Waals surface area contributed by atoms with Crippen LogP contribution in [0.15, 0.2) is 93.2 Å². The van der Waals surface area contributed by atoms with Crippen LogP contribution in [0.3, 0.4) is 0 Å². The molecule has 1 N–H and O–H groups in total. The molecule has 2 aliphatic rings. The average Bonchev–Trinajstić information content (AvgIpc) is 3.40. The highest BCUT2D eigenvalue weighted by atomic mass is 79.9. The second-order valence-electron chi connectivity index (χ2n) is 10.1. The molecular weight excluding hydrogens is 624 g/mol. The van der Waals surface area contributed by atoms with Gasteiger partial charge in [-0.15, -0.1) is 0 Å². The normalized spacial score (nSPS) is 19.6. The Morgan fingerprint density at radius 2 is 1.61 bits per heavy atom. The fourth-order valence-electron chi connectivity index (χ4n) is 5.30. The van der Waals surface area contributed by atoms with Gasteiger partial charge in [-0.05, 0) is 54.1 Å². The van der Waals surface area contributed by atoms with Crippen molar-refractivity contribution >= 4 is 73.8 Å². The number of imide groups is 1. The van der Waals surface area contributed by atoms with Crippen molar-refractivity contribution in [2.24, 2.45) is 5.92 Å². The molecule has 1 fully saturated rings. The molecule has 8 nitrogen and oxygen atoms in total. The Morgan fingerprint density at radius 3 is 2.27 bits per heavy atom. The van der Waals surface area contributed by atoms with Gasteiger partial charge in [0.25, 0.3) is 0 Å². The number of carbonyl (C=O) groups excluding carboxylic acids is 3. The molecule has 0 unspecified atom stereocenters. The van der Waals surface area contributed by atoms with Crippen molar-refractivity contribution in [1.29, 1.82) is 0 Å². The Labute approximate surface area is 253 Å². The molecule has 3 atom stereocenters. The first-order valence-corrected chi connectivity index (χ1v) is 15.4. The van der Waals surface area contributed by atoms with Gasteiger partial charge in [0.05, 0.1) is 16.6 Å². The Bertz CT molecular complexity index is 1700. The smallest absolute Gasteiger partial charge is 0.308 e. The number of nitrogens with one attached hydrogen (secondary N) is 1. The predicted octanol–water partition coefficient (Wildman–Crippen LogP) is 5.17. The zero-order valence-corrected chi connectivity index (χ0v) is 25.3. The van der Waals surface area contributed by atoms with Gasteiger partial charge in [0.1, 0.15) is 11.8 Å². The van der Waals surface area contributed by atoms with Crippen LogP contribution in [-0.2, 0) is 20.9 Å². The lowest BCUT2D eigenvalue weighted by atomic mass is 9.83. The summed E-state index contributed by atoms with van der Waals surface area (Å²) in [5.41, 5.74) is 2.96. The number of anilines is 3. The van der Waals surface area contributed by atoms with E-state index in [9.17, 15) is 19.2 Å². The fourth-order valence-corrected chi connectivity index (χ4v) is 8.34. The van der Waals surface area contributed by atoms with Crippen LogP contribution in [0, 0.1) is 5.92 Å². The maximum absolute atomic E-state index is 14.0. The van der Waals surface area contributed by atoms with Crippen LogP contribution in [0.1, 0.15) is 16.4 Å². The highest BCUT2D eigenvalue weighted by Crippen LogP contribution is 2.54. The molecule has 4 aromatic rings. The van der Waals surface area contributed by atoms with Gasteiger partial charge >= 0.3 is 4.87 Å². The number of thiazole rings is 1. The minimum Gasteiger partial charge on any atom is -0.378 e. The van der Waals surface area contributed by atoms with Crippen molar-refractivity contribution < 1.29 is 14.4 Å². The maximum Gasteiger partial charge on any atom is 0.308 e. The molecule has 0 radical (unpaired) electrons. The van der Waals surface area contributed by atoms with E-state index in [0.29, 0.717) is 21.3 Å². The summed E-state index contributed by atoms with van der Waals surface area (Å²) in [6.45, 7) is -0.200. The Balaban J connectivity index is 1.42. The van der Waals surface area contributed by atoms with Gasteiger partial charge in [0, 0.05) is 40.7 Å². The number of hydrogen-bond acceptors (Lipinski definition) is 7. The van der Waals surface area contributed by atoms with Crippen LogP contribution in [0.25, 0.3) is 0 Å². The molecule has 1 aromatic heterocycles. The molecule has 3 aromatic carbocycles. The van der Waals surface area contributed by atoms with Crippen LogP contribution in [0.4, 0.5) is 17.1 Å². The average molecular weight is 650 g/mol. The lowest BCUT2D eigenvalue weighted by Gasteiger charge is -2.31. The van der Waals surface area contributed by atoms with Gasteiger partial charge in [0.15, 0.2) is 0 Å². The molecule has 6 rings (SSSR count). The summed E-state index contributed by atoms with van der Waals surface area (Å²) in [4.78, 5) is 57.8. The van der Waals surface area contributed by atoms with Crippen molar-refractivity contribution in [2.45, 2.75) is 22.7 Å². The first kappa shape index (κ1) is 27.5. The Morgan fingerprint density at radius 1 is 0.927 bits per heavy atom. The van der Waals surface area contributed by atoms with Gasteiger partial charge in [-0.3, -0.25) is 23.7 Å². The van der Waals surface area contributed by atoms with E-state index in [1.54, 1.807) is 36.4 Å². The maximum atomic E-state index is 14.0. The molecule has 0 bridgehead atoms. The number of fused-ring (bicyclic) bond motifs is 2. The van der Waals surface area contributed by atoms with Crippen molar-refractivity contribution in [2.75, 3.05) is 29.2 Å². The van der Waals surface area contributed by atoms with E-state index in [1.807, 2.05) is 61.5 Å². The molecule has 1 saturated heterocycles. The SMILES string of the molecule is CN(C)c1ccc([C@@H]2c3sc(=O)n(CC(=O)Nc4ccccc4)c3S[C@H]3C(=O)N(c4ccc(Br)cc4)C(=O)[C@@H]23)cc1. The number of thioether (sulfide) groups is 1. The summed E-state index contributed by atoms with van der Waals surface area (Å²) < 4.78 is 2.27. The molecule has 0 spiro atoms. The number of aromatic nitrogens is 1. The Kier molecular flexibility index (Phi) is 7.35. The van der Waals surface area contributed by atoms with E-state index in [0.717, 1.165) is 27.1 Å². The lowest BCUT2D eigenvalue weighted by molar-refractivity contribution is -0.122. The number of hydrogen-bond donors (Lipinski definition) is 1. The molecule has 208 valence electrons. The van der Waals surface area contributed by atoms with Crippen molar-refractivity contribution in [3.05, 3.63) is 103 Å². The third-order valence-corrected chi connectivity index (χ3v) is 10.4. The number of halogens is 1. The van der Waals surface area contributed by atoms with Gasteiger partial charge < -0.3 is 10.2 Å². The van der Waals surface area contributed by atoms with Crippen LogP contribution < -0.4 is 20.0 Å². The van der Waals surface area contributed by atoms with E-state index in [1.165, 1.54) is 21.2 Å². The predicted molar refractivity (Wildman–Crippen MR) is 166 cm³/mol. The van der Waals surface area contributed by atoms with E-state index >= 15 is 0 Å². The van der Waals surface area contributed by atoms with E-state index in [2.05, 4.69) is 21.2 Å². The van der Waals surface area contributed by atoms with Gasteiger partial charge in [0.2, 0.25) is 17.7 Å². The summed E-state index contributed by atoms with van der Waals surface area (Å²) in [6.07, 6.45) is 0. The number of nitrogens with zero attached hydrogens (tertiary/aromatic N) is 3. The first-order valence-electron chi connectivity index (χ1n) is 12.9. The van der Waals surface area contributed by atoms with E-state index < -0.39 is 17.1 Å². The zero-order chi connectivity index (χ0) is 28.8. The van der Waals surface area contributed by atoms with Gasteiger partial charge in [-0.1, -0.05) is 69.4 Å². The third kappa shape index (κ3) is 5.02. The monoisotopic (exact) mass is 648 g/mol. The molecule has 0 saturated carbocycles. The Hall–Kier alpha value is -3.67. The lowest BCUT2D eigenvalue weighted by Crippen LogP contribution is -2.33. The highest BCUT2D eigenvalue weighted by molar-refractivity contribution is 9.10. The standard InChI is InChI=1S/C30H25BrN4O4S2/c1-33(2)20-12-8-17(9-13-20)23-24-25(28(38)35(27(24)37)21-14-10-18(31)11-15-21)40-29-26(23)41-30(39)34(29)16-22(36)32-19-6-4-3-5-7-19/h3-15,23-25H,16H2,1-2H3,(H,32,36)/t23-,24-,25+/m0/s1. The van der Waals surface area contributed by atoms with Gasteiger partial charge in [-0.25, -0.2) is 4.90 Å². The minimum atomic E-state index is -0.741. The van der Waals surface area contributed by atoms with Crippen LogP contribution >= 0.6 is 39.0 Å². The summed E-state index contributed by atoms with van der Waals surface area (Å²) in [5.74, 6) is -2.18. The second kappa shape index (κ2) is 11.0. The number of benzene rings is 3. The highest BCUT2D eigenvalue weighted by Gasteiger charge is 2.56. The number of rotatable bonds is 6. The van der Waals surface area contributed by atoms with Crippen LogP contribution in [0.5, 0.6) is 0 Å². The molecule has 41 heavy (non-hydrogen) atoms. The fraction of sp³-hybridized carbons (Fsp3) is 0.200. The molecule has 2 aliphatic heterocycles. The van der Waals surface area contributed by atoms with Crippen molar-refractivity contribution in [3.8, 4) is 0 Å². The second-order valence-corrected chi connectivity index (χ2v) is 13.1. The molecule has 0 aliphatic carbocycles. The molecule has 3 heterocycles. The summed E-state index contributed by atoms with van der Waals surface area (Å²) in [7, 11) is 3.89. The minimum absolute atomic E-state index is 0.200. The molecule has 3 amide bonds. The summed E-state index contributed by atoms with van der Waals surface area (Å²) in [5, 5.41) is 2.65. The van der Waals surface area contributed by atoms with Gasteiger partial charge in [-0.2, -0.15) is 0 Å². The summed E-state index contributed by atoms with van der Waals surface area (Å²) in [6, 6.07) is 23.9. The quantitative estimate of drug-likeness (QED) is 0.290. The summed E-state index contributed by atoms with van der Waals surface area (Å²) >= 11 is 5.66. The number of amides is 3.